The van der Waals surface area contributed by atoms with Gasteiger partial charge in [-0.25, -0.2) is 0 Å². The Morgan fingerprint density at radius 1 is 1.00 bits per heavy atom. The molecule has 23 heavy (non-hydrogen) atoms. The second kappa shape index (κ2) is 6.73. The highest BCUT2D eigenvalue weighted by molar-refractivity contribution is 5.94. The third-order valence-corrected chi connectivity index (χ3v) is 4.33. The van der Waals surface area contributed by atoms with Crippen LogP contribution in [0.3, 0.4) is 0 Å². The van der Waals surface area contributed by atoms with Crippen LogP contribution in [0, 0.1) is 0 Å². The molecule has 0 aliphatic carbocycles. The van der Waals surface area contributed by atoms with Gasteiger partial charge in [-0.2, -0.15) is 0 Å². The standard InChI is InChI=1S/C19H21NO3/c1-22-16-11-6-12-17(23-2)18(16)15-10-7-13-20(15)19(21)14-8-4-3-5-9-14/h3-6,8-9,11-12,15H,7,10,13H2,1-2H3/t15-/m1/s1. The van der Waals surface area contributed by atoms with Gasteiger partial charge in [-0.1, -0.05) is 24.3 Å². The number of likely N-dealkylation sites (tertiary alicyclic amines) is 1. The zero-order valence-electron chi connectivity index (χ0n) is 13.5. The van der Waals surface area contributed by atoms with E-state index in [1.165, 1.54) is 0 Å². The maximum absolute atomic E-state index is 12.9. The van der Waals surface area contributed by atoms with Gasteiger partial charge >= 0.3 is 0 Å². The Kier molecular flexibility index (Phi) is 4.51. The SMILES string of the molecule is COc1cccc(OC)c1[C@H]1CCCN1C(=O)c1ccccc1. The minimum absolute atomic E-state index is 0.0196. The largest absolute Gasteiger partial charge is 0.496 e. The molecule has 0 radical (unpaired) electrons. The highest BCUT2D eigenvalue weighted by Gasteiger charge is 2.34. The molecule has 0 bridgehead atoms. The first-order valence-electron chi connectivity index (χ1n) is 7.83. The van der Waals surface area contributed by atoms with Gasteiger partial charge in [0, 0.05) is 12.1 Å². The number of rotatable bonds is 4. The summed E-state index contributed by atoms with van der Waals surface area (Å²) in [6.07, 6.45) is 1.89. The van der Waals surface area contributed by atoms with E-state index >= 15 is 0 Å². The van der Waals surface area contributed by atoms with E-state index in [1.807, 2.05) is 53.4 Å². The molecule has 1 amide bonds. The van der Waals surface area contributed by atoms with Gasteiger partial charge in [0.1, 0.15) is 11.5 Å². The van der Waals surface area contributed by atoms with Gasteiger partial charge in [0.15, 0.2) is 0 Å². The quantitative estimate of drug-likeness (QED) is 0.864. The van der Waals surface area contributed by atoms with E-state index in [0.717, 1.165) is 36.4 Å². The maximum atomic E-state index is 12.9. The van der Waals surface area contributed by atoms with E-state index in [2.05, 4.69) is 0 Å². The van der Waals surface area contributed by atoms with Gasteiger partial charge in [0.25, 0.3) is 5.91 Å². The Hall–Kier alpha value is -2.49. The van der Waals surface area contributed by atoms with Crippen LogP contribution in [0.4, 0.5) is 0 Å². The highest BCUT2D eigenvalue weighted by atomic mass is 16.5. The van der Waals surface area contributed by atoms with Crippen molar-refractivity contribution in [3.8, 4) is 11.5 Å². The van der Waals surface area contributed by atoms with Gasteiger partial charge in [0.05, 0.1) is 25.8 Å². The van der Waals surface area contributed by atoms with Crippen molar-refractivity contribution < 1.29 is 14.3 Å². The minimum Gasteiger partial charge on any atom is -0.496 e. The van der Waals surface area contributed by atoms with Gasteiger partial charge in [-0.05, 0) is 37.1 Å². The van der Waals surface area contributed by atoms with Gasteiger partial charge in [-0.3, -0.25) is 4.79 Å². The first-order valence-corrected chi connectivity index (χ1v) is 7.83. The lowest BCUT2D eigenvalue weighted by atomic mass is 10.0. The first kappa shape index (κ1) is 15.4. The summed E-state index contributed by atoms with van der Waals surface area (Å²) >= 11 is 0. The Morgan fingerprint density at radius 2 is 1.65 bits per heavy atom. The van der Waals surface area contributed by atoms with Gasteiger partial charge in [0.2, 0.25) is 0 Å². The predicted molar refractivity (Wildman–Crippen MR) is 89.0 cm³/mol. The molecular formula is C19H21NO3. The molecule has 0 N–H and O–H groups in total. The number of methoxy groups -OCH3 is 2. The van der Waals surface area contributed by atoms with E-state index in [4.69, 9.17) is 9.47 Å². The number of carbonyl (C=O) groups excluding carboxylic acids is 1. The Balaban J connectivity index is 1.98. The molecular weight excluding hydrogens is 290 g/mol. The molecule has 2 aromatic rings. The molecule has 1 atom stereocenters. The van der Waals surface area contributed by atoms with Crippen LogP contribution in [0.2, 0.25) is 0 Å². The second-order valence-electron chi connectivity index (χ2n) is 5.60. The van der Waals surface area contributed by atoms with Crippen LogP contribution in [-0.2, 0) is 0 Å². The molecule has 4 nitrogen and oxygen atoms in total. The van der Waals surface area contributed by atoms with Crippen molar-refractivity contribution in [2.75, 3.05) is 20.8 Å². The normalized spacial score (nSPS) is 17.1. The van der Waals surface area contributed by atoms with Crippen molar-refractivity contribution >= 4 is 5.91 Å². The van der Waals surface area contributed by atoms with Crippen LogP contribution in [-0.4, -0.2) is 31.6 Å². The average molecular weight is 311 g/mol. The Morgan fingerprint density at radius 3 is 2.26 bits per heavy atom. The summed E-state index contributed by atoms with van der Waals surface area (Å²) in [4.78, 5) is 14.8. The average Bonchev–Trinajstić information content (AvgIpc) is 3.10. The summed E-state index contributed by atoms with van der Waals surface area (Å²) in [6, 6.07) is 15.1. The summed E-state index contributed by atoms with van der Waals surface area (Å²) in [5.74, 6) is 1.59. The number of nitrogens with zero attached hydrogens (tertiary/aromatic N) is 1. The molecule has 1 saturated heterocycles. The smallest absolute Gasteiger partial charge is 0.254 e. The summed E-state index contributed by atoms with van der Waals surface area (Å²) in [5, 5.41) is 0. The lowest BCUT2D eigenvalue weighted by Gasteiger charge is -2.27. The molecule has 3 rings (SSSR count). The molecule has 0 unspecified atom stereocenters. The minimum atomic E-state index is -0.0196. The van der Waals surface area contributed by atoms with Crippen molar-refractivity contribution in [3.63, 3.8) is 0 Å². The molecule has 1 aliphatic heterocycles. The van der Waals surface area contributed by atoms with Crippen molar-refractivity contribution in [3.05, 3.63) is 59.7 Å². The summed E-state index contributed by atoms with van der Waals surface area (Å²) in [6.45, 7) is 0.750. The van der Waals surface area contributed by atoms with Crippen LogP contribution < -0.4 is 9.47 Å². The van der Waals surface area contributed by atoms with Crippen molar-refractivity contribution in [1.29, 1.82) is 0 Å². The fourth-order valence-electron chi connectivity index (χ4n) is 3.26. The Labute approximate surface area is 136 Å². The highest BCUT2D eigenvalue weighted by Crippen LogP contribution is 2.42. The molecule has 1 fully saturated rings. The van der Waals surface area contributed by atoms with Gasteiger partial charge in [-0.15, -0.1) is 0 Å². The van der Waals surface area contributed by atoms with E-state index in [1.54, 1.807) is 14.2 Å². The van der Waals surface area contributed by atoms with Crippen LogP contribution in [0.5, 0.6) is 11.5 Å². The van der Waals surface area contributed by atoms with E-state index in [0.29, 0.717) is 5.56 Å². The number of amides is 1. The number of ether oxygens (including phenoxy) is 2. The molecule has 1 aliphatic rings. The molecule has 1 heterocycles. The molecule has 0 spiro atoms. The molecule has 0 saturated carbocycles. The van der Waals surface area contributed by atoms with Crippen LogP contribution in [0.1, 0.15) is 34.8 Å². The summed E-state index contributed by atoms with van der Waals surface area (Å²) in [7, 11) is 3.30. The fraction of sp³-hybridized carbons (Fsp3) is 0.316. The number of hydrogen-bond acceptors (Lipinski definition) is 3. The second-order valence-corrected chi connectivity index (χ2v) is 5.60. The van der Waals surface area contributed by atoms with E-state index in [9.17, 15) is 4.79 Å². The van der Waals surface area contributed by atoms with E-state index < -0.39 is 0 Å². The predicted octanol–water partition coefficient (Wildman–Crippen LogP) is 3.68. The van der Waals surface area contributed by atoms with Crippen molar-refractivity contribution in [1.82, 2.24) is 4.90 Å². The zero-order chi connectivity index (χ0) is 16.2. The number of carbonyl (C=O) groups is 1. The fourth-order valence-corrected chi connectivity index (χ4v) is 3.26. The molecule has 120 valence electrons. The van der Waals surface area contributed by atoms with E-state index in [-0.39, 0.29) is 11.9 Å². The lowest BCUT2D eigenvalue weighted by molar-refractivity contribution is 0.0732. The molecule has 4 heteroatoms. The maximum Gasteiger partial charge on any atom is 0.254 e. The van der Waals surface area contributed by atoms with Crippen LogP contribution >= 0.6 is 0 Å². The molecule has 2 aromatic carbocycles. The third kappa shape index (κ3) is 2.89. The zero-order valence-corrected chi connectivity index (χ0v) is 13.5. The summed E-state index contributed by atoms with van der Waals surface area (Å²) < 4.78 is 11.0. The van der Waals surface area contributed by atoms with Gasteiger partial charge < -0.3 is 14.4 Å². The number of hydrogen-bond donors (Lipinski definition) is 0. The Bertz CT molecular complexity index is 662. The third-order valence-electron chi connectivity index (χ3n) is 4.33. The number of benzene rings is 2. The summed E-state index contributed by atoms with van der Waals surface area (Å²) in [5.41, 5.74) is 1.67. The van der Waals surface area contributed by atoms with Crippen molar-refractivity contribution in [2.45, 2.75) is 18.9 Å². The molecule has 0 aromatic heterocycles. The van der Waals surface area contributed by atoms with Crippen LogP contribution in [0.15, 0.2) is 48.5 Å². The lowest BCUT2D eigenvalue weighted by Crippen LogP contribution is -2.31. The van der Waals surface area contributed by atoms with Crippen molar-refractivity contribution in [2.24, 2.45) is 0 Å². The first-order chi connectivity index (χ1) is 11.3. The topological polar surface area (TPSA) is 38.8 Å². The monoisotopic (exact) mass is 311 g/mol. The van der Waals surface area contributed by atoms with Crippen LogP contribution in [0.25, 0.3) is 0 Å².